The highest BCUT2D eigenvalue weighted by molar-refractivity contribution is 7.66. The number of nitrogens with zero attached hydrogens (tertiary/aromatic N) is 3. The van der Waals surface area contributed by atoms with E-state index in [1.54, 1.807) is 10.8 Å². The van der Waals surface area contributed by atoms with Crippen LogP contribution in [0.2, 0.25) is 0 Å². The SMILES string of the molecule is NOP(=O)(O)OP(=O)(O)OP(=O)(O)OC[C@H]1O[C@@H](n2cnc3c(-c4cccs4)ccnc32)C[C@@H]1O. The number of imidazole rings is 1. The maximum absolute atomic E-state index is 12.0. The van der Waals surface area contributed by atoms with Gasteiger partial charge in [0.1, 0.15) is 17.8 Å². The fourth-order valence-corrected chi connectivity index (χ4v) is 7.20. The maximum Gasteiger partial charge on any atom is 0.497 e. The summed E-state index contributed by atoms with van der Waals surface area (Å²) in [7, 11) is -16.2. The van der Waals surface area contributed by atoms with Crippen molar-refractivity contribution in [1.29, 1.82) is 0 Å². The van der Waals surface area contributed by atoms with E-state index in [0.717, 1.165) is 10.4 Å². The molecule has 6 atom stereocenters. The van der Waals surface area contributed by atoms with Gasteiger partial charge in [0.05, 0.1) is 19.0 Å². The molecule has 6 N–H and O–H groups in total. The Morgan fingerprint density at radius 2 is 1.89 bits per heavy atom. The highest BCUT2D eigenvalue weighted by Crippen LogP contribution is 2.67. The van der Waals surface area contributed by atoms with E-state index in [9.17, 15) is 28.6 Å². The van der Waals surface area contributed by atoms with Gasteiger partial charge in [0, 0.05) is 23.1 Å². The van der Waals surface area contributed by atoms with Crippen LogP contribution in [0.25, 0.3) is 21.6 Å². The van der Waals surface area contributed by atoms with E-state index >= 15 is 0 Å². The average molecular weight is 572 g/mol. The number of fused-ring (bicyclic) bond motifs is 1. The predicted molar refractivity (Wildman–Crippen MR) is 118 cm³/mol. The van der Waals surface area contributed by atoms with Crippen LogP contribution in [0.15, 0.2) is 36.1 Å². The molecule has 0 radical (unpaired) electrons. The first-order valence-electron chi connectivity index (χ1n) is 9.53. The second kappa shape index (κ2) is 10.2. The summed E-state index contributed by atoms with van der Waals surface area (Å²) in [5.74, 6) is 4.41. The summed E-state index contributed by atoms with van der Waals surface area (Å²) in [6, 6.07) is 5.67. The zero-order valence-corrected chi connectivity index (χ0v) is 20.8. The third-order valence-corrected chi connectivity index (χ3v) is 9.66. The van der Waals surface area contributed by atoms with Crippen molar-refractivity contribution >= 4 is 46.0 Å². The summed E-state index contributed by atoms with van der Waals surface area (Å²) in [6.07, 6.45) is 0.0570. The molecule has 3 aromatic heterocycles. The Balaban J connectivity index is 1.42. The Hall–Kier alpha value is -1.39. The van der Waals surface area contributed by atoms with Gasteiger partial charge in [-0.2, -0.15) is 8.62 Å². The van der Waals surface area contributed by atoms with Gasteiger partial charge in [0.25, 0.3) is 0 Å². The van der Waals surface area contributed by atoms with Gasteiger partial charge >= 0.3 is 23.5 Å². The summed E-state index contributed by atoms with van der Waals surface area (Å²) in [4.78, 5) is 37.7. The molecule has 0 saturated carbocycles. The van der Waals surface area contributed by atoms with E-state index in [1.165, 1.54) is 17.7 Å². The van der Waals surface area contributed by atoms with Crippen molar-refractivity contribution in [3.8, 4) is 10.4 Å². The first-order valence-corrected chi connectivity index (χ1v) is 14.9. The molecule has 1 aliphatic rings. The van der Waals surface area contributed by atoms with Gasteiger partial charge in [0.15, 0.2) is 5.65 Å². The molecule has 0 aromatic carbocycles. The standard InChI is InChI=1S/C15H19N4O12P3S/c16-29-33(23,24)31-34(25,26)30-32(21,22)27-7-11-10(20)6-13(28-11)19-8-18-14-9(3-4-17-15(14)19)12-2-1-5-35-12/h1-5,8,10-11,13,20H,6-7,16H2,(H,21,22)(H,23,24)(H,25,26)/t10-,11+,13+/m0/s1. The smallest absolute Gasteiger partial charge is 0.390 e. The van der Waals surface area contributed by atoms with Crippen LogP contribution in [0, 0.1) is 0 Å². The summed E-state index contributed by atoms with van der Waals surface area (Å²) >= 11 is 1.53. The number of ether oxygens (including phenoxy) is 1. The molecule has 0 aliphatic carbocycles. The van der Waals surface area contributed by atoms with Crippen molar-refractivity contribution in [3.63, 3.8) is 0 Å². The van der Waals surface area contributed by atoms with Crippen LogP contribution < -0.4 is 5.90 Å². The Morgan fingerprint density at radius 1 is 1.14 bits per heavy atom. The van der Waals surface area contributed by atoms with Crippen molar-refractivity contribution in [3.05, 3.63) is 36.1 Å². The molecule has 1 aliphatic heterocycles. The van der Waals surface area contributed by atoms with Gasteiger partial charge in [0.2, 0.25) is 0 Å². The van der Waals surface area contributed by atoms with Gasteiger partial charge in [-0.3, -0.25) is 9.09 Å². The van der Waals surface area contributed by atoms with Crippen LogP contribution >= 0.6 is 34.8 Å². The maximum atomic E-state index is 12.0. The first kappa shape index (κ1) is 26.7. The Kier molecular flexibility index (Phi) is 7.75. The summed E-state index contributed by atoms with van der Waals surface area (Å²) in [6.45, 7) is -0.754. The molecular weight excluding hydrogens is 553 g/mol. The van der Waals surface area contributed by atoms with E-state index in [1.807, 2.05) is 23.6 Å². The lowest BCUT2D eigenvalue weighted by Crippen LogP contribution is -2.26. The number of phosphoric acid groups is 3. The molecule has 20 heteroatoms. The molecule has 1 saturated heterocycles. The molecule has 0 spiro atoms. The van der Waals surface area contributed by atoms with Crippen molar-refractivity contribution in [2.45, 2.75) is 24.9 Å². The lowest BCUT2D eigenvalue weighted by molar-refractivity contribution is -0.0423. The molecule has 16 nitrogen and oxygen atoms in total. The highest BCUT2D eigenvalue weighted by atomic mass is 32.1. The molecule has 192 valence electrons. The Bertz CT molecular complexity index is 1340. The monoisotopic (exact) mass is 572 g/mol. The van der Waals surface area contributed by atoms with Crippen LogP contribution in [0.1, 0.15) is 12.6 Å². The fraction of sp³-hybridized carbons (Fsp3) is 0.333. The average Bonchev–Trinajstić information content (AvgIpc) is 3.50. The summed E-state index contributed by atoms with van der Waals surface area (Å²) < 4.78 is 57.7. The molecular formula is C15H19N4O12P3S. The number of hydrogen-bond acceptors (Lipinski definition) is 13. The predicted octanol–water partition coefficient (Wildman–Crippen LogP) is 2.05. The molecule has 4 heterocycles. The molecule has 0 bridgehead atoms. The third kappa shape index (κ3) is 6.31. The zero-order valence-electron chi connectivity index (χ0n) is 17.3. The number of aliphatic hydroxyl groups excluding tert-OH is 1. The minimum Gasteiger partial charge on any atom is -0.390 e. The zero-order chi connectivity index (χ0) is 25.4. The van der Waals surface area contributed by atoms with Crippen molar-refractivity contribution < 1.29 is 56.0 Å². The van der Waals surface area contributed by atoms with Gasteiger partial charge in [-0.1, -0.05) is 6.07 Å². The minimum atomic E-state index is -5.61. The van der Waals surface area contributed by atoms with E-state index in [4.69, 9.17) is 9.63 Å². The number of phosphoric ester groups is 1. The van der Waals surface area contributed by atoms with Gasteiger partial charge in [-0.05, 0) is 17.5 Å². The second-order valence-electron chi connectivity index (χ2n) is 7.06. The van der Waals surface area contributed by atoms with Crippen LogP contribution in [0.4, 0.5) is 0 Å². The van der Waals surface area contributed by atoms with E-state index in [2.05, 4.69) is 33.6 Å². The molecule has 3 aromatic rings. The lowest BCUT2D eigenvalue weighted by Gasteiger charge is -2.19. The first-order chi connectivity index (χ1) is 16.4. The van der Waals surface area contributed by atoms with Crippen LogP contribution in [0.3, 0.4) is 0 Å². The fourth-order valence-electron chi connectivity index (χ4n) is 3.30. The quantitative estimate of drug-likeness (QED) is 0.173. The number of hydrogen-bond donors (Lipinski definition) is 5. The number of nitrogens with two attached hydrogens (primary N) is 1. The number of rotatable bonds is 10. The molecule has 1 fully saturated rings. The second-order valence-corrected chi connectivity index (χ2v) is 12.6. The van der Waals surface area contributed by atoms with Gasteiger partial charge in [-0.25, -0.2) is 34.2 Å². The largest absolute Gasteiger partial charge is 0.497 e. The van der Waals surface area contributed by atoms with Gasteiger partial charge < -0.3 is 24.5 Å². The Labute approximate surface area is 200 Å². The van der Waals surface area contributed by atoms with Crippen LogP contribution in [-0.2, 0) is 36.2 Å². The van der Waals surface area contributed by atoms with Crippen LogP contribution in [0.5, 0.6) is 0 Å². The lowest BCUT2D eigenvalue weighted by atomic mass is 10.2. The molecule has 0 amide bonds. The van der Waals surface area contributed by atoms with E-state index < -0.39 is 48.5 Å². The third-order valence-electron chi connectivity index (χ3n) is 4.71. The topological polar surface area (TPSA) is 235 Å². The molecule has 4 rings (SSSR count). The number of thiophene rings is 1. The normalized spacial score (nSPS) is 25.8. The van der Waals surface area contributed by atoms with Crippen molar-refractivity contribution in [2.75, 3.05) is 6.61 Å². The molecule has 35 heavy (non-hydrogen) atoms. The van der Waals surface area contributed by atoms with Crippen molar-refractivity contribution in [1.82, 2.24) is 14.5 Å². The van der Waals surface area contributed by atoms with Gasteiger partial charge in [-0.15, -0.1) is 11.3 Å². The van der Waals surface area contributed by atoms with E-state index in [-0.39, 0.29) is 6.42 Å². The number of aromatic nitrogens is 3. The summed E-state index contributed by atoms with van der Waals surface area (Å²) in [5.41, 5.74) is 1.96. The highest BCUT2D eigenvalue weighted by Gasteiger charge is 2.43. The van der Waals surface area contributed by atoms with Crippen LogP contribution in [-0.4, -0.2) is 53.1 Å². The number of pyridine rings is 1. The Morgan fingerprint density at radius 3 is 2.57 bits per heavy atom. The minimum absolute atomic E-state index is 0.0458. The summed E-state index contributed by atoms with van der Waals surface area (Å²) in [5, 5.41) is 12.3. The molecule has 3 unspecified atom stereocenters. The van der Waals surface area contributed by atoms with E-state index in [0.29, 0.717) is 11.2 Å². The van der Waals surface area contributed by atoms with Crippen molar-refractivity contribution in [2.24, 2.45) is 5.90 Å². The number of aliphatic hydroxyl groups is 1.